The van der Waals surface area contributed by atoms with Crippen molar-refractivity contribution in [2.24, 2.45) is 0 Å². The summed E-state index contributed by atoms with van der Waals surface area (Å²) in [5, 5.41) is 10.8. The second-order valence-corrected chi connectivity index (χ2v) is 4.68. The zero-order chi connectivity index (χ0) is 15.4. The minimum absolute atomic E-state index is 0.0556. The van der Waals surface area contributed by atoms with Crippen LogP contribution in [0.15, 0.2) is 36.4 Å². The third-order valence-electron chi connectivity index (χ3n) is 3.04. The third kappa shape index (κ3) is 3.44. The van der Waals surface area contributed by atoms with Crippen LogP contribution in [0.1, 0.15) is 11.1 Å². The molecule has 0 radical (unpaired) electrons. The zero-order valence-electron chi connectivity index (χ0n) is 11.6. The molecule has 0 spiro atoms. The predicted octanol–water partition coefficient (Wildman–Crippen LogP) is 4.44. The zero-order valence-corrected chi connectivity index (χ0v) is 12.4. The van der Waals surface area contributed by atoms with Gasteiger partial charge in [-0.05, 0) is 36.2 Å². The Morgan fingerprint density at radius 2 is 1.95 bits per heavy atom. The normalized spacial score (nSPS) is 10.2. The maximum absolute atomic E-state index is 10.8. The Balaban J connectivity index is 2.35. The second-order valence-electron chi connectivity index (χ2n) is 4.42. The number of non-ortho nitro benzene ring substituents is 1. The van der Waals surface area contributed by atoms with Gasteiger partial charge >= 0.3 is 0 Å². The van der Waals surface area contributed by atoms with E-state index in [2.05, 4.69) is 0 Å². The maximum Gasteiger partial charge on any atom is 0.273 e. The quantitative estimate of drug-likeness (QED) is 0.465. The summed E-state index contributed by atoms with van der Waals surface area (Å²) < 4.78 is 10.9. The SMILES string of the molecule is COc1ccc([N+](=O)[O-])cc1Oc1ccc(CCl)c(C)c1. The molecule has 0 bridgehead atoms. The van der Waals surface area contributed by atoms with E-state index >= 15 is 0 Å². The molecule has 2 aromatic rings. The molecule has 6 heteroatoms. The Labute approximate surface area is 127 Å². The highest BCUT2D eigenvalue weighted by Crippen LogP contribution is 2.35. The molecule has 110 valence electrons. The highest BCUT2D eigenvalue weighted by Gasteiger charge is 2.13. The molecule has 0 amide bonds. The van der Waals surface area contributed by atoms with Crippen molar-refractivity contribution in [3.8, 4) is 17.2 Å². The molecule has 0 aliphatic rings. The summed E-state index contributed by atoms with van der Waals surface area (Å²) in [5.74, 6) is 1.72. The van der Waals surface area contributed by atoms with Crippen LogP contribution in [0.4, 0.5) is 5.69 Å². The molecule has 0 atom stereocenters. The minimum Gasteiger partial charge on any atom is -0.493 e. The van der Waals surface area contributed by atoms with Crippen molar-refractivity contribution in [2.45, 2.75) is 12.8 Å². The lowest BCUT2D eigenvalue weighted by Crippen LogP contribution is -1.94. The van der Waals surface area contributed by atoms with Gasteiger partial charge in [-0.1, -0.05) is 6.07 Å². The van der Waals surface area contributed by atoms with Crippen molar-refractivity contribution >= 4 is 17.3 Å². The number of hydrogen-bond acceptors (Lipinski definition) is 4. The highest BCUT2D eigenvalue weighted by atomic mass is 35.5. The van der Waals surface area contributed by atoms with E-state index < -0.39 is 4.92 Å². The van der Waals surface area contributed by atoms with Gasteiger partial charge in [-0.25, -0.2) is 0 Å². The average Bonchev–Trinajstić information content (AvgIpc) is 2.47. The fourth-order valence-corrected chi connectivity index (χ4v) is 2.17. The summed E-state index contributed by atoms with van der Waals surface area (Å²) in [6.07, 6.45) is 0. The molecule has 0 aliphatic carbocycles. The number of aryl methyl sites for hydroxylation is 1. The molecule has 5 nitrogen and oxygen atoms in total. The molecule has 2 rings (SSSR count). The van der Waals surface area contributed by atoms with Gasteiger partial charge in [-0.15, -0.1) is 11.6 Å². The lowest BCUT2D eigenvalue weighted by Gasteiger charge is -2.11. The monoisotopic (exact) mass is 307 g/mol. The lowest BCUT2D eigenvalue weighted by atomic mass is 10.1. The van der Waals surface area contributed by atoms with E-state index in [-0.39, 0.29) is 5.69 Å². The first-order valence-corrected chi connectivity index (χ1v) is 6.74. The summed E-state index contributed by atoms with van der Waals surface area (Å²) in [6, 6.07) is 9.67. The fourth-order valence-electron chi connectivity index (χ4n) is 1.87. The molecule has 2 aromatic carbocycles. The van der Waals surface area contributed by atoms with Gasteiger partial charge in [-0.2, -0.15) is 0 Å². The number of rotatable bonds is 5. The molecule has 0 aromatic heterocycles. The maximum atomic E-state index is 10.8. The molecule has 0 heterocycles. The van der Waals surface area contributed by atoms with Gasteiger partial charge < -0.3 is 9.47 Å². The Kier molecular flexibility index (Phi) is 4.65. The number of nitro groups is 1. The Bertz CT molecular complexity index is 673. The first-order valence-electron chi connectivity index (χ1n) is 6.21. The summed E-state index contributed by atoms with van der Waals surface area (Å²) in [5.41, 5.74) is 1.95. The summed E-state index contributed by atoms with van der Waals surface area (Å²) in [4.78, 5) is 10.4. The largest absolute Gasteiger partial charge is 0.493 e. The fraction of sp³-hybridized carbons (Fsp3) is 0.200. The number of nitro benzene ring substituents is 1. The molecular formula is C15H14ClNO4. The van der Waals surface area contributed by atoms with E-state index in [1.54, 1.807) is 6.07 Å². The average molecular weight is 308 g/mol. The van der Waals surface area contributed by atoms with Crippen LogP contribution in [0, 0.1) is 17.0 Å². The van der Waals surface area contributed by atoms with E-state index in [4.69, 9.17) is 21.1 Å². The molecule has 21 heavy (non-hydrogen) atoms. The second kappa shape index (κ2) is 6.45. The van der Waals surface area contributed by atoms with Crippen molar-refractivity contribution < 1.29 is 14.4 Å². The third-order valence-corrected chi connectivity index (χ3v) is 3.33. The Hall–Kier alpha value is -2.27. The van der Waals surface area contributed by atoms with Crippen LogP contribution in [0.2, 0.25) is 0 Å². The van der Waals surface area contributed by atoms with E-state index in [0.29, 0.717) is 23.1 Å². The summed E-state index contributed by atoms with van der Waals surface area (Å²) in [7, 11) is 1.48. The Morgan fingerprint density at radius 1 is 1.19 bits per heavy atom. The van der Waals surface area contributed by atoms with Crippen LogP contribution in [0.25, 0.3) is 0 Å². The number of halogens is 1. The topological polar surface area (TPSA) is 61.6 Å². The molecular weight excluding hydrogens is 294 g/mol. The summed E-state index contributed by atoms with van der Waals surface area (Å²) in [6.45, 7) is 1.93. The van der Waals surface area contributed by atoms with Crippen LogP contribution in [0.5, 0.6) is 17.2 Å². The van der Waals surface area contributed by atoms with Crippen LogP contribution < -0.4 is 9.47 Å². The number of benzene rings is 2. The first kappa shape index (κ1) is 15.1. The van der Waals surface area contributed by atoms with Gasteiger partial charge in [-0.3, -0.25) is 10.1 Å². The van der Waals surface area contributed by atoms with Crippen molar-refractivity contribution in [2.75, 3.05) is 7.11 Å². The van der Waals surface area contributed by atoms with Crippen LogP contribution in [0.3, 0.4) is 0 Å². The molecule has 0 saturated heterocycles. The number of hydrogen-bond donors (Lipinski definition) is 0. The summed E-state index contributed by atoms with van der Waals surface area (Å²) >= 11 is 5.81. The van der Waals surface area contributed by atoms with Gasteiger partial charge in [0.15, 0.2) is 11.5 Å². The van der Waals surface area contributed by atoms with Gasteiger partial charge in [0, 0.05) is 11.9 Å². The molecule has 0 fully saturated rings. The van der Waals surface area contributed by atoms with E-state index in [1.807, 2.05) is 19.1 Å². The lowest BCUT2D eigenvalue weighted by molar-refractivity contribution is -0.384. The Morgan fingerprint density at radius 3 is 2.52 bits per heavy atom. The first-order chi connectivity index (χ1) is 10.0. The van der Waals surface area contributed by atoms with Crippen LogP contribution >= 0.6 is 11.6 Å². The highest BCUT2D eigenvalue weighted by molar-refractivity contribution is 6.17. The van der Waals surface area contributed by atoms with Crippen LogP contribution in [-0.2, 0) is 5.88 Å². The van der Waals surface area contributed by atoms with Gasteiger partial charge in [0.25, 0.3) is 5.69 Å². The van der Waals surface area contributed by atoms with Crippen molar-refractivity contribution in [3.05, 3.63) is 57.6 Å². The van der Waals surface area contributed by atoms with Crippen molar-refractivity contribution in [1.29, 1.82) is 0 Å². The molecule has 0 unspecified atom stereocenters. The van der Waals surface area contributed by atoms with E-state index in [0.717, 1.165) is 11.1 Å². The van der Waals surface area contributed by atoms with Gasteiger partial charge in [0.05, 0.1) is 18.1 Å². The smallest absolute Gasteiger partial charge is 0.273 e. The number of nitrogens with zero attached hydrogens (tertiary/aromatic N) is 1. The van der Waals surface area contributed by atoms with E-state index in [1.165, 1.54) is 25.3 Å². The minimum atomic E-state index is -0.478. The molecule has 0 saturated carbocycles. The van der Waals surface area contributed by atoms with Gasteiger partial charge in [0.1, 0.15) is 5.75 Å². The number of methoxy groups -OCH3 is 1. The number of alkyl halides is 1. The van der Waals surface area contributed by atoms with Gasteiger partial charge in [0.2, 0.25) is 0 Å². The number of ether oxygens (including phenoxy) is 2. The van der Waals surface area contributed by atoms with Crippen molar-refractivity contribution in [3.63, 3.8) is 0 Å². The van der Waals surface area contributed by atoms with Crippen molar-refractivity contribution in [1.82, 2.24) is 0 Å². The van der Waals surface area contributed by atoms with Crippen LogP contribution in [-0.4, -0.2) is 12.0 Å². The molecule has 0 N–H and O–H groups in total. The van der Waals surface area contributed by atoms with E-state index in [9.17, 15) is 10.1 Å². The predicted molar refractivity (Wildman–Crippen MR) is 80.5 cm³/mol. The standard InChI is InChI=1S/C15H14ClNO4/c1-10-7-13(5-3-11(10)9-16)21-15-8-12(17(18)19)4-6-14(15)20-2/h3-8H,9H2,1-2H3. The molecule has 0 aliphatic heterocycles.